The van der Waals surface area contributed by atoms with Gasteiger partial charge < -0.3 is 9.84 Å². The van der Waals surface area contributed by atoms with Crippen molar-refractivity contribution in [3.05, 3.63) is 24.3 Å². The molecule has 1 rings (SSSR count). The number of aromatic hydroxyl groups is 1. The lowest BCUT2D eigenvalue weighted by atomic mass is 10.3. The van der Waals surface area contributed by atoms with Crippen LogP contribution in [0.25, 0.3) is 0 Å². The highest BCUT2D eigenvalue weighted by atomic mass is 32.1. The molecule has 0 aromatic heterocycles. The molecule has 3 heteroatoms. The second kappa shape index (κ2) is 3.17. The molecular weight excluding hydrogens is 148 g/mol. The Kier molecular flexibility index (Phi) is 2.23. The summed E-state index contributed by atoms with van der Waals surface area (Å²) in [4.78, 5) is 0. The highest BCUT2D eigenvalue weighted by Gasteiger charge is 1.89. The molecule has 0 fully saturated rings. The summed E-state index contributed by atoms with van der Waals surface area (Å²) in [6.45, 7) is 0. The minimum Gasteiger partial charge on any atom is -0.508 e. The van der Waals surface area contributed by atoms with E-state index in [0.717, 1.165) is 0 Å². The minimum atomic E-state index is 0.219. The van der Waals surface area contributed by atoms with Crippen LogP contribution in [0.2, 0.25) is 0 Å². The number of hydrogen-bond acceptors (Lipinski definition) is 3. The summed E-state index contributed by atoms with van der Waals surface area (Å²) in [6, 6.07) is 6.35. The van der Waals surface area contributed by atoms with E-state index in [0.29, 0.717) is 5.75 Å². The zero-order chi connectivity index (χ0) is 7.40. The topological polar surface area (TPSA) is 29.5 Å². The van der Waals surface area contributed by atoms with Crippen molar-refractivity contribution in [3.63, 3.8) is 0 Å². The van der Waals surface area contributed by atoms with Crippen molar-refractivity contribution in [2.24, 2.45) is 0 Å². The van der Waals surface area contributed by atoms with Gasteiger partial charge in [-0.1, -0.05) is 0 Å². The van der Waals surface area contributed by atoms with Crippen LogP contribution < -0.4 is 4.74 Å². The van der Waals surface area contributed by atoms with Crippen molar-refractivity contribution in [1.82, 2.24) is 0 Å². The molecule has 0 bridgehead atoms. The summed E-state index contributed by atoms with van der Waals surface area (Å²) in [6.07, 6.45) is 0. The van der Waals surface area contributed by atoms with Crippen LogP contribution in [0.1, 0.15) is 0 Å². The summed E-state index contributed by atoms with van der Waals surface area (Å²) in [5.41, 5.74) is 1.17. The fraction of sp³-hybridized carbons (Fsp3) is 0. The Morgan fingerprint density at radius 3 is 2.40 bits per heavy atom. The number of benzene rings is 1. The van der Waals surface area contributed by atoms with Gasteiger partial charge in [-0.2, -0.15) is 0 Å². The predicted molar refractivity (Wildman–Crippen MR) is 42.4 cm³/mol. The standard InChI is InChI=1S/C7H6O2S/c8-6-1-3-7(4-2-6)9-5-10/h1-5,8H. The van der Waals surface area contributed by atoms with Crippen LogP contribution in [0.4, 0.5) is 0 Å². The second-order valence-corrected chi connectivity index (χ2v) is 1.90. The fourth-order valence-corrected chi connectivity index (χ4v) is 0.691. The number of thiocarbonyl (C=S) groups is 1. The summed E-state index contributed by atoms with van der Waals surface area (Å²) in [5, 5.41) is 8.83. The molecule has 52 valence electrons. The Bertz CT molecular complexity index is 218. The van der Waals surface area contributed by atoms with Crippen molar-refractivity contribution in [1.29, 1.82) is 0 Å². The maximum absolute atomic E-state index is 8.83. The Labute approximate surface area is 64.1 Å². The Balaban J connectivity index is 2.78. The summed E-state index contributed by atoms with van der Waals surface area (Å²) >= 11 is 4.46. The van der Waals surface area contributed by atoms with E-state index in [-0.39, 0.29) is 5.75 Å². The van der Waals surface area contributed by atoms with E-state index in [2.05, 4.69) is 12.2 Å². The zero-order valence-corrected chi connectivity index (χ0v) is 5.97. The lowest BCUT2D eigenvalue weighted by Gasteiger charge is -1.96. The quantitative estimate of drug-likeness (QED) is 0.658. The van der Waals surface area contributed by atoms with Crippen LogP contribution >= 0.6 is 12.2 Å². The molecule has 1 aromatic rings. The molecule has 0 saturated carbocycles. The maximum atomic E-state index is 8.83. The van der Waals surface area contributed by atoms with Gasteiger partial charge in [0.1, 0.15) is 11.5 Å². The van der Waals surface area contributed by atoms with Crippen LogP contribution in [-0.2, 0) is 0 Å². The lowest BCUT2D eigenvalue weighted by molar-refractivity contribution is 0.473. The first-order valence-electron chi connectivity index (χ1n) is 2.72. The molecule has 0 spiro atoms. The normalized spacial score (nSPS) is 8.80. The highest BCUT2D eigenvalue weighted by Crippen LogP contribution is 2.14. The molecule has 2 nitrogen and oxygen atoms in total. The summed E-state index contributed by atoms with van der Waals surface area (Å²) in [7, 11) is 0. The van der Waals surface area contributed by atoms with E-state index in [4.69, 9.17) is 9.84 Å². The molecule has 0 heterocycles. The fourth-order valence-electron chi connectivity index (χ4n) is 0.580. The average Bonchev–Trinajstić information content (AvgIpc) is 1.95. The first-order chi connectivity index (χ1) is 4.83. The molecular formula is C7H6O2S. The van der Waals surface area contributed by atoms with Crippen LogP contribution in [0.15, 0.2) is 24.3 Å². The smallest absolute Gasteiger partial charge is 0.154 e. The molecule has 0 unspecified atom stereocenters. The van der Waals surface area contributed by atoms with Gasteiger partial charge >= 0.3 is 0 Å². The van der Waals surface area contributed by atoms with Gasteiger partial charge in [0.15, 0.2) is 5.55 Å². The molecule has 0 amide bonds. The molecule has 0 aliphatic rings. The van der Waals surface area contributed by atoms with Crippen molar-refractivity contribution >= 4 is 17.8 Å². The zero-order valence-electron chi connectivity index (χ0n) is 5.15. The van der Waals surface area contributed by atoms with E-state index in [1.807, 2.05) is 0 Å². The van der Waals surface area contributed by atoms with E-state index in [1.165, 1.54) is 17.7 Å². The van der Waals surface area contributed by atoms with Gasteiger partial charge in [0.2, 0.25) is 0 Å². The average molecular weight is 154 g/mol. The van der Waals surface area contributed by atoms with Crippen molar-refractivity contribution < 1.29 is 9.84 Å². The van der Waals surface area contributed by atoms with Crippen LogP contribution in [0, 0.1) is 0 Å². The van der Waals surface area contributed by atoms with Crippen molar-refractivity contribution in [3.8, 4) is 11.5 Å². The van der Waals surface area contributed by atoms with Gasteiger partial charge in [-0.15, -0.1) is 0 Å². The minimum absolute atomic E-state index is 0.219. The molecule has 1 N–H and O–H groups in total. The molecule has 0 radical (unpaired) electrons. The second-order valence-electron chi connectivity index (χ2n) is 1.71. The third-order valence-corrected chi connectivity index (χ3v) is 1.12. The van der Waals surface area contributed by atoms with Gasteiger partial charge in [-0.05, 0) is 36.5 Å². The highest BCUT2D eigenvalue weighted by molar-refractivity contribution is 7.78. The third-order valence-electron chi connectivity index (χ3n) is 1.02. The number of hydrogen-bond donors (Lipinski definition) is 1. The summed E-state index contributed by atoms with van der Waals surface area (Å²) < 4.78 is 4.84. The van der Waals surface area contributed by atoms with E-state index in [9.17, 15) is 0 Å². The van der Waals surface area contributed by atoms with Gasteiger partial charge in [-0.3, -0.25) is 0 Å². The van der Waals surface area contributed by atoms with E-state index >= 15 is 0 Å². The predicted octanol–water partition coefficient (Wildman–Crippen LogP) is 1.73. The SMILES string of the molecule is Oc1ccc(OC=S)cc1. The van der Waals surface area contributed by atoms with Crippen LogP contribution in [0.5, 0.6) is 11.5 Å². The molecule has 0 atom stereocenters. The lowest BCUT2D eigenvalue weighted by Crippen LogP contribution is -1.84. The van der Waals surface area contributed by atoms with Crippen LogP contribution in [0.3, 0.4) is 0 Å². The number of rotatable bonds is 2. The first kappa shape index (κ1) is 7.02. The van der Waals surface area contributed by atoms with Gasteiger partial charge in [0.05, 0.1) is 0 Å². The van der Waals surface area contributed by atoms with Gasteiger partial charge in [0, 0.05) is 0 Å². The Hall–Kier alpha value is -1.09. The molecule has 0 aliphatic heterocycles. The Morgan fingerprint density at radius 1 is 1.30 bits per heavy atom. The number of phenolic OH excluding ortho intramolecular Hbond substituents is 1. The maximum Gasteiger partial charge on any atom is 0.154 e. The van der Waals surface area contributed by atoms with E-state index < -0.39 is 0 Å². The third kappa shape index (κ3) is 1.70. The van der Waals surface area contributed by atoms with E-state index in [1.54, 1.807) is 12.1 Å². The monoisotopic (exact) mass is 154 g/mol. The largest absolute Gasteiger partial charge is 0.508 e. The first-order valence-corrected chi connectivity index (χ1v) is 3.19. The van der Waals surface area contributed by atoms with Crippen LogP contribution in [-0.4, -0.2) is 10.7 Å². The van der Waals surface area contributed by atoms with Crippen molar-refractivity contribution in [2.75, 3.05) is 0 Å². The summed E-state index contributed by atoms with van der Waals surface area (Å²) in [5.74, 6) is 0.851. The molecule has 0 aliphatic carbocycles. The Morgan fingerprint density at radius 2 is 1.90 bits per heavy atom. The molecule has 0 saturated heterocycles. The number of phenols is 1. The number of ether oxygens (including phenoxy) is 1. The van der Waals surface area contributed by atoms with Gasteiger partial charge in [-0.25, -0.2) is 0 Å². The van der Waals surface area contributed by atoms with Crippen molar-refractivity contribution in [2.45, 2.75) is 0 Å². The molecule has 1 aromatic carbocycles. The van der Waals surface area contributed by atoms with Gasteiger partial charge in [0.25, 0.3) is 0 Å². The molecule has 10 heavy (non-hydrogen) atoms.